The van der Waals surface area contributed by atoms with Crippen molar-refractivity contribution in [3.63, 3.8) is 0 Å². The fourth-order valence-corrected chi connectivity index (χ4v) is 1.87. The summed E-state index contributed by atoms with van der Waals surface area (Å²) in [5, 5.41) is 8.65. The van der Waals surface area contributed by atoms with Crippen molar-refractivity contribution in [2.45, 2.75) is 6.92 Å². The lowest BCUT2D eigenvalue weighted by Crippen LogP contribution is -2.29. The number of aromatic amines is 1. The van der Waals surface area contributed by atoms with E-state index in [9.17, 15) is 9.59 Å². The van der Waals surface area contributed by atoms with Gasteiger partial charge in [0.2, 0.25) is 0 Å². The molecule has 1 amide bonds. The van der Waals surface area contributed by atoms with Gasteiger partial charge in [0.05, 0.1) is 6.61 Å². The molecule has 0 aromatic carbocycles. The Morgan fingerprint density at radius 2 is 2.29 bits per heavy atom. The maximum atomic E-state index is 11.6. The minimum Gasteiger partial charge on any atom is -0.395 e. The monoisotopic (exact) mass is 216 g/mol. The first kappa shape index (κ1) is 10.9. The first-order valence-corrected chi connectivity index (χ1v) is 4.94. The second kappa shape index (κ2) is 4.39. The highest BCUT2D eigenvalue weighted by atomic mass is 32.1. The Morgan fingerprint density at radius 1 is 1.64 bits per heavy atom. The number of carbonyl (C=O) groups excluding carboxylic acids is 1. The normalized spacial score (nSPS) is 10.2. The maximum absolute atomic E-state index is 11.6. The van der Waals surface area contributed by atoms with Gasteiger partial charge >= 0.3 is 4.87 Å². The van der Waals surface area contributed by atoms with Crippen LogP contribution in [0.5, 0.6) is 0 Å². The number of carbonyl (C=O) groups is 1. The van der Waals surface area contributed by atoms with Crippen LogP contribution in [0, 0.1) is 6.92 Å². The molecule has 2 N–H and O–H groups in total. The van der Waals surface area contributed by atoms with Gasteiger partial charge in [0.25, 0.3) is 5.91 Å². The molecular weight excluding hydrogens is 204 g/mol. The van der Waals surface area contributed by atoms with E-state index >= 15 is 0 Å². The van der Waals surface area contributed by atoms with E-state index in [4.69, 9.17) is 5.11 Å². The summed E-state index contributed by atoms with van der Waals surface area (Å²) in [4.78, 5) is 26.7. The zero-order valence-electron chi connectivity index (χ0n) is 8.03. The molecule has 0 saturated carbocycles. The summed E-state index contributed by atoms with van der Waals surface area (Å²) in [5.41, 5.74) is 0.579. The van der Waals surface area contributed by atoms with Gasteiger partial charge in [-0.3, -0.25) is 9.59 Å². The van der Waals surface area contributed by atoms with Gasteiger partial charge in [0, 0.05) is 19.3 Å². The van der Waals surface area contributed by atoms with Crippen LogP contribution >= 0.6 is 11.3 Å². The second-order valence-electron chi connectivity index (χ2n) is 2.92. The number of rotatable bonds is 3. The molecule has 78 valence electrons. The van der Waals surface area contributed by atoms with Crippen molar-refractivity contribution in [2.75, 3.05) is 20.2 Å². The lowest BCUT2D eigenvalue weighted by molar-refractivity contribution is 0.0771. The van der Waals surface area contributed by atoms with Crippen LogP contribution in [0.2, 0.25) is 0 Å². The maximum Gasteiger partial charge on any atom is 0.305 e. The van der Waals surface area contributed by atoms with Crippen molar-refractivity contribution >= 4 is 17.2 Å². The van der Waals surface area contributed by atoms with Crippen molar-refractivity contribution in [1.29, 1.82) is 0 Å². The van der Waals surface area contributed by atoms with Gasteiger partial charge in [-0.05, 0) is 6.92 Å². The van der Waals surface area contributed by atoms with E-state index in [0.29, 0.717) is 10.6 Å². The summed E-state index contributed by atoms with van der Waals surface area (Å²) in [6.07, 6.45) is 0. The predicted octanol–water partition coefficient (Wildman–Crippen LogP) is -0.191. The number of thiazole rings is 1. The first-order valence-electron chi connectivity index (χ1n) is 4.12. The van der Waals surface area contributed by atoms with Gasteiger partial charge in [-0.25, -0.2) is 0 Å². The fourth-order valence-electron chi connectivity index (χ4n) is 1.03. The molecule has 0 aliphatic heterocycles. The van der Waals surface area contributed by atoms with Crippen LogP contribution in [0.3, 0.4) is 0 Å². The average Bonchev–Trinajstić information content (AvgIpc) is 2.44. The SMILES string of the molecule is Cc1[nH]c(=O)sc1C(=O)N(C)CCO. The number of aromatic nitrogens is 1. The summed E-state index contributed by atoms with van der Waals surface area (Å²) in [5.74, 6) is -0.236. The van der Waals surface area contributed by atoms with Crippen molar-refractivity contribution in [1.82, 2.24) is 9.88 Å². The Balaban J connectivity index is 2.89. The van der Waals surface area contributed by atoms with Crippen molar-refractivity contribution in [2.24, 2.45) is 0 Å². The summed E-state index contributed by atoms with van der Waals surface area (Å²) < 4.78 is 0. The summed E-state index contributed by atoms with van der Waals surface area (Å²) in [6.45, 7) is 1.86. The molecular formula is C8H12N2O3S. The van der Waals surface area contributed by atoms with Gasteiger partial charge in [-0.2, -0.15) is 0 Å². The lowest BCUT2D eigenvalue weighted by atomic mass is 10.3. The van der Waals surface area contributed by atoms with Gasteiger partial charge in [-0.1, -0.05) is 11.3 Å². The van der Waals surface area contributed by atoms with E-state index in [1.807, 2.05) is 0 Å². The van der Waals surface area contributed by atoms with Gasteiger partial charge in [0.15, 0.2) is 0 Å². The number of aliphatic hydroxyl groups is 1. The van der Waals surface area contributed by atoms with E-state index in [0.717, 1.165) is 11.3 Å². The molecule has 0 fully saturated rings. The molecule has 1 aromatic heterocycles. The molecule has 0 aliphatic carbocycles. The summed E-state index contributed by atoms with van der Waals surface area (Å²) >= 11 is 0.893. The van der Waals surface area contributed by atoms with Crippen LogP contribution in [-0.4, -0.2) is 41.1 Å². The highest BCUT2D eigenvalue weighted by molar-refractivity contribution is 7.11. The number of amides is 1. The molecule has 1 aromatic rings. The molecule has 0 bridgehead atoms. The Labute approximate surface area is 85.0 Å². The highest BCUT2D eigenvalue weighted by Crippen LogP contribution is 2.10. The van der Waals surface area contributed by atoms with Crippen LogP contribution in [0.1, 0.15) is 15.4 Å². The third kappa shape index (κ3) is 2.21. The van der Waals surface area contributed by atoms with Gasteiger partial charge in [-0.15, -0.1) is 0 Å². The summed E-state index contributed by atoms with van der Waals surface area (Å²) in [6, 6.07) is 0. The van der Waals surface area contributed by atoms with Gasteiger partial charge in [0.1, 0.15) is 4.88 Å². The smallest absolute Gasteiger partial charge is 0.305 e. The van der Waals surface area contributed by atoms with Crippen LogP contribution < -0.4 is 4.87 Å². The van der Waals surface area contributed by atoms with Crippen LogP contribution in [-0.2, 0) is 0 Å². The van der Waals surface area contributed by atoms with Crippen LogP contribution in [0.4, 0.5) is 0 Å². The number of aryl methyl sites for hydroxylation is 1. The Kier molecular flexibility index (Phi) is 3.43. The molecule has 0 atom stereocenters. The number of H-pyrrole nitrogens is 1. The quantitative estimate of drug-likeness (QED) is 0.735. The third-order valence-corrected chi connectivity index (χ3v) is 2.77. The largest absolute Gasteiger partial charge is 0.395 e. The molecule has 0 spiro atoms. The predicted molar refractivity (Wildman–Crippen MR) is 53.7 cm³/mol. The third-order valence-electron chi connectivity index (χ3n) is 1.80. The summed E-state index contributed by atoms with van der Waals surface area (Å²) in [7, 11) is 1.59. The first-order chi connectivity index (χ1) is 6.56. The molecule has 6 heteroatoms. The van der Waals surface area contributed by atoms with E-state index in [1.165, 1.54) is 4.90 Å². The number of hydrogen-bond acceptors (Lipinski definition) is 4. The molecule has 0 radical (unpaired) electrons. The number of aliphatic hydroxyl groups excluding tert-OH is 1. The number of hydrogen-bond donors (Lipinski definition) is 2. The molecule has 0 saturated heterocycles. The van der Waals surface area contributed by atoms with Crippen molar-refractivity contribution in [3.05, 3.63) is 20.2 Å². The number of nitrogens with one attached hydrogen (secondary N) is 1. The Morgan fingerprint density at radius 3 is 2.71 bits per heavy atom. The van der Waals surface area contributed by atoms with E-state index in [2.05, 4.69) is 4.98 Å². The fraction of sp³-hybridized carbons (Fsp3) is 0.500. The topological polar surface area (TPSA) is 73.4 Å². The molecule has 14 heavy (non-hydrogen) atoms. The minimum absolute atomic E-state index is 0.0827. The van der Waals surface area contributed by atoms with Crippen LogP contribution in [0.25, 0.3) is 0 Å². The molecule has 0 unspecified atom stereocenters. The molecule has 1 rings (SSSR count). The zero-order chi connectivity index (χ0) is 10.7. The highest BCUT2D eigenvalue weighted by Gasteiger charge is 2.16. The Bertz CT molecular complexity index is 382. The van der Waals surface area contributed by atoms with Crippen molar-refractivity contribution in [3.8, 4) is 0 Å². The molecule has 0 aliphatic rings. The number of likely N-dealkylation sites (N-methyl/N-ethyl adjacent to an activating group) is 1. The standard InChI is InChI=1S/C8H12N2O3S/c1-5-6(14-8(13)9-5)7(12)10(2)3-4-11/h11H,3-4H2,1-2H3,(H,9,13). The average molecular weight is 216 g/mol. The van der Waals surface area contributed by atoms with E-state index in [-0.39, 0.29) is 23.9 Å². The van der Waals surface area contributed by atoms with Crippen LogP contribution in [0.15, 0.2) is 4.79 Å². The van der Waals surface area contributed by atoms with Gasteiger partial charge < -0.3 is 15.0 Å². The van der Waals surface area contributed by atoms with E-state index in [1.54, 1.807) is 14.0 Å². The van der Waals surface area contributed by atoms with Crippen molar-refractivity contribution < 1.29 is 9.90 Å². The minimum atomic E-state index is -0.236. The van der Waals surface area contributed by atoms with E-state index < -0.39 is 0 Å². The number of nitrogens with zero attached hydrogens (tertiary/aromatic N) is 1. The molecule has 5 nitrogen and oxygen atoms in total. The Hall–Kier alpha value is -1.14. The lowest BCUT2D eigenvalue weighted by Gasteiger charge is -2.14. The molecule has 1 heterocycles. The zero-order valence-corrected chi connectivity index (χ0v) is 8.85. The second-order valence-corrected chi connectivity index (χ2v) is 3.90.